The molecule has 182 valence electrons. The van der Waals surface area contributed by atoms with Gasteiger partial charge in [0.05, 0.1) is 33.5 Å². The number of carbonyl (C=O) groups is 1. The number of aryl methyl sites for hydroxylation is 1. The van der Waals surface area contributed by atoms with Crippen LogP contribution in [0, 0.1) is 0 Å². The first-order valence-electron chi connectivity index (χ1n) is 11.4. The Hall–Kier alpha value is -2.44. The molecule has 0 saturated heterocycles. The number of ether oxygens (including phenoxy) is 4. The van der Waals surface area contributed by atoms with E-state index >= 15 is 0 Å². The third kappa shape index (κ3) is 7.02. The molecule has 6 nitrogen and oxygen atoms in total. The Labute approximate surface area is 203 Å². The maximum absolute atomic E-state index is 12.3. The Morgan fingerprint density at radius 2 is 1.76 bits per heavy atom. The molecule has 1 aliphatic rings. The summed E-state index contributed by atoms with van der Waals surface area (Å²) in [5, 5.41) is 0. The molecule has 1 atom stereocenters. The van der Waals surface area contributed by atoms with Crippen LogP contribution in [0.15, 0.2) is 36.4 Å². The van der Waals surface area contributed by atoms with E-state index in [-0.39, 0.29) is 18.4 Å². The number of nitrogens with zero attached hydrogens (tertiary/aromatic N) is 1. The molecule has 0 spiro atoms. The fourth-order valence-electron chi connectivity index (χ4n) is 4.38. The number of hydrogen-bond acceptors (Lipinski definition) is 6. The first kappa shape index (κ1) is 26.8. The Morgan fingerprint density at radius 1 is 0.970 bits per heavy atom. The molecule has 33 heavy (non-hydrogen) atoms. The molecule has 0 radical (unpaired) electrons. The number of esters is 1. The van der Waals surface area contributed by atoms with Gasteiger partial charge in [-0.25, -0.2) is 4.79 Å². The standard InChI is InChI=1S/C26H35NO5.ClH/c1-5-27(22-11-8-20-17-23(29-2)12-9-19(20)16-22)14-6-7-15-32-26(28)21-10-13-24(30-3)25(18-21)31-4;/h9-10,12-13,17-18,22H,5-8,11,14-16H2,1-4H3;1H. The van der Waals surface area contributed by atoms with Gasteiger partial charge < -0.3 is 23.8 Å². The van der Waals surface area contributed by atoms with Crippen LogP contribution in [0.1, 0.15) is 47.7 Å². The van der Waals surface area contributed by atoms with E-state index in [2.05, 4.69) is 30.0 Å². The van der Waals surface area contributed by atoms with E-state index in [1.54, 1.807) is 39.5 Å². The zero-order valence-electron chi connectivity index (χ0n) is 20.1. The van der Waals surface area contributed by atoms with Crippen molar-refractivity contribution in [2.45, 2.75) is 45.1 Å². The lowest BCUT2D eigenvalue weighted by atomic mass is 9.87. The summed E-state index contributed by atoms with van der Waals surface area (Å²) in [6.45, 7) is 4.68. The Bertz CT molecular complexity index is 904. The lowest BCUT2D eigenvalue weighted by Crippen LogP contribution is -2.39. The molecule has 0 heterocycles. The van der Waals surface area contributed by atoms with Crippen molar-refractivity contribution in [3.05, 3.63) is 53.1 Å². The second-order valence-electron chi connectivity index (χ2n) is 8.07. The summed E-state index contributed by atoms with van der Waals surface area (Å²) in [5.41, 5.74) is 3.32. The van der Waals surface area contributed by atoms with Gasteiger partial charge in [-0.2, -0.15) is 0 Å². The lowest BCUT2D eigenvalue weighted by molar-refractivity contribution is 0.0492. The second-order valence-corrected chi connectivity index (χ2v) is 8.07. The van der Waals surface area contributed by atoms with E-state index in [1.165, 1.54) is 17.5 Å². The van der Waals surface area contributed by atoms with Crippen LogP contribution in [-0.4, -0.2) is 57.9 Å². The normalized spacial score (nSPS) is 14.8. The van der Waals surface area contributed by atoms with Gasteiger partial charge in [0.1, 0.15) is 5.75 Å². The molecule has 7 heteroatoms. The van der Waals surface area contributed by atoms with Crippen LogP contribution in [0.4, 0.5) is 0 Å². The number of halogens is 1. The van der Waals surface area contributed by atoms with Crippen LogP contribution in [0.3, 0.4) is 0 Å². The minimum Gasteiger partial charge on any atom is -0.497 e. The molecule has 2 aromatic rings. The van der Waals surface area contributed by atoms with Crippen molar-refractivity contribution < 1.29 is 23.7 Å². The highest BCUT2D eigenvalue weighted by Crippen LogP contribution is 2.29. The van der Waals surface area contributed by atoms with Crippen LogP contribution < -0.4 is 14.2 Å². The van der Waals surface area contributed by atoms with Crippen molar-refractivity contribution >= 4 is 18.4 Å². The van der Waals surface area contributed by atoms with Crippen LogP contribution in [-0.2, 0) is 17.6 Å². The van der Waals surface area contributed by atoms with Crippen molar-refractivity contribution in [3.8, 4) is 17.2 Å². The molecule has 0 fully saturated rings. The summed E-state index contributed by atoms with van der Waals surface area (Å²) in [4.78, 5) is 14.9. The highest BCUT2D eigenvalue weighted by molar-refractivity contribution is 5.90. The second kappa shape index (κ2) is 13.3. The molecular formula is C26H36ClNO5. The van der Waals surface area contributed by atoms with Gasteiger partial charge in [-0.1, -0.05) is 13.0 Å². The van der Waals surface area contributed by atoms with Crippen molar-refractivity contribution in [2.24, 2.45) is 0 Å². The molecular weight excluding hydrogens is 442 g/mol. The minimum atomic E-state index is -0.336. The molecule has 0 bridgehead atoms. The van der Waals surface area contributed by atoms with Crippen molar-refractivity contribution in [1.82, 2.24) is 4.90 Å². The summed E-state index contributed by atoms with van der Waals surface area (Å²) in [7, 11) is 4.84. The Morgan fingerprint density at radius 3 is 2.45 bits per heavy atom. The SMILES string of the molecule is CCN(CCCCOC(=O)c1ccc(OC)c(OC)c1)C1CCc2cc(OC)ccc2C1.Cl. The first-order chi connectivity index (χ1) is 15.6. The minimum absolute atomic E-state index is 0. The number of hydrogen-bond donors (Lipinski definition) is 0. The highest BCUT2D eigenvalue weighted by atomic mass is 35.5. The van der Waals surface area contributed by atoms with E-state index in [4.69, 9.17) is 18.9 Å². The molecule has 1 unspecified atom stereocenters. The first-order valence-corrected chi connectivity index (χ1v) is 11.4. The summed E-state index contributed by atoms with van der Waals surface area (Å²) in [6.07, 6.45) is 5.19. The van der Waals surface area contributed by atoms with Crippen LogP contribution in [0.25, 0.3) is 0 Å². The van der Waals surface area contributed by atoms with Gasteiger partial charge in [0.15, 0.2) is 11.5 Å². The van der Waals surface area contributed by atoms with E-state index in [0.717, 1.165) is 44.5 Å². The average molecular weight is 478 g/mol. The fourth-order valence-corrected chi connectivity index (χ4v) is 4.38. The number of unbranched alkanes of at least 4 members (excludes halogenated alkanes) is 1. The molecule has 0 aliphatic heterocycles. The van der Waals surface area contributed by atoms with Gasteiger partial charge >= 0.3 is 5.97 Å². The number of carbonyl (C=O) groups excluding carboxylic acids is 1. The lowest BCUT2D eigenvalue weighted by Gasteiger charge is -2.34. The quantitative estimate of drug-likeness (QED) is 0.337. The fraction of sp³-hybridized carbons (Fsp3) is 0.500. The van der Waals surface area contributed by atoms with Gasteiger partial charge in [-0.15, -0.1) is 12.4 Å². The van der Waals surface area contributed by atoms with Crippen LogP contribution in [0.5, 0.6) is 17.2 Å². The topological polar surface area (TPSA) is 57.2 Å². The number of methoxy groups -OCH3 is 3. The predicted octanol–water partition coefficient (Wildman–Crippen LogP) is 4.95. The predicted molar refractivity (Wildman–Crippen MR) is 132 cm³/mol. The summed E-state index contributed by atoms with van der Waals surface area (Å²) >= 11 is 0. The maximum atomic E-state index is 12.3. The molecule has 1 aliphatic carbocycles. The largest absolute Gasteiger partial charge is 0.497 e. The van der Waals surface area contributed by atoms with Crippen LogP contribution in [0.2, 0.25) is 0 Å². The zero-order valence-corrected chi connectivity index (χ0v) is 20.9. The van der Waals surface area contributed by atoms with Crippen molar-refractivity contribution in [2.75, 3.05) is 41.0 Å². The molecule has 0 saturated carbocycles. The van der Waals surface area contributed by atoms with Gasteiger partial charge in [0.2, 0.25) is 0 Å². The molecule has 3 rings (SSSR count). The molecule has 0 N–H and O–H groups in total. The summed E-state index contributed by atoms with van der Waals surface area (Å²) < 4.78 is 21.3. The molecule has 0 amide bonds. The Balaban J connectivity index is 0.00000385. The van der Waals surface area contributed by atoms with Gasteiger partial charge in [0, 0.05) is 6.04 Å². The van der Waals surface area contributed by atoms with Gasteiger partial charge in [-0.3, -0.25) is 0 Å². The third-order valence-electron chi connectivity index (χ3n) is 6.23. The van der Waals surface area contributed by atoms with Crippen molar-refractivity contribution in [3.63, 3.8) is 0 Å². The number of rotatable bonds is 11. The summed E-state index contributed by atoms with van der Waals surface area (Å²) in [5.74, 6) is 1.72. The van der Waals surface area contributed by atoms with E-state index in [9.17, 15) is 4.79 Å². The highest BCUT2D eigenvalue weighted by Gasteiger charge is 2.23. The molecule has 0 aromatic heterocycles. The van der Waals surface area contributed by atoms with Gasteiger partial charge in [0.25, 0.3) is 0 Å². The third-order valence-corrected chi connectivity index (χ3v) is 6.23. The number of fused-ring (bicyclic) bond motifs is 1. The van der Waals surface area contributed by atoms with Crippen LogP contribution >= 0.6 is 12.4 Å². The average Bonchev–Trinajstić information content (AvgIpc) is 2.84. The summed E-state index contributed by atoms with van der Waals surface area (Å²) in [6, 6.07) is 12.1. The smallest absolute Gasteiger partial charge is 0.338 e. The number of benzene rings is 2. The number of likely N-dealkylation sites (N-methyl/N-ethyl adjacent to an activating group) is 1. The maximum Gasteiger partial charge on any atom is 0.338 e. The van der Waals surface area contributed by atoms with E-state index in [1.807, 2.05) is 0 Å². The van der Waals surface area contributed by atoms with Gasteiger partial charge in [-0.05, 0) is 86.7 Å². The van der Waals surface area contributed by atoms with E-state index < -0.39 is 0 Å². The monoisotopic (exact) mass is 477 g/mol. The zero-order chi connectivity index (χ0) is 22.9. The van der Waals surface area contributed by atoms with Crippen molar-refractivity contribution in [1.29, 1.82) is 0 Å². The Kier molecular flexibility index (Phi) is 10.8. The molecule has 2 aromatic carbocycles. The van der Waals surface area contributed by atoms with E-state index in [0.29, 0.717) is 29.7 Å².